The van der Waals surface area contributed by atoms with Crippen LogP contribution in [0.5, 0.6) is 5.75 Å². The molecule has 0 spiro atoms. The quantitative estimate of drug-likeness (QED) is 0.616. The van der Waals surface area contributed by atoms with Crippen LogP contribution >= 0.6 is 0 Å². The Hall–Kier alpha value is -3.42. The fraction of sp³-hybridized carbons (Fsp3) is 0. The van der Waals surface area contributed by atoms with E-state index in [1.165, 1.54) is 0 Å². The van der Waals surface area contributed by atoms with Crippen LogP contribution in [0.25, 0.3) is 0 Å². The number of rotatable bonds is 0. The normalized spacial score (nSPS) is 9.22. The van der Waals surface area contributed by atoms with E-state index < -0.39 is 0 Å². The third-order valence-corrected chi connectivity index (χ3v) is 3.23. The van der Waals surface area contributed by atoms with E-state index in [-0.39, 0.29) is 5.75 Å². The third-order valence-electron chi connectivity index (χ3n) is 3.23. The van der Waals surface area contributed by atoms with Crippen molar-refractivity contribution in [2.24, 2.45) is 0 Å². The van der Waals surface area contributed by atoms with Gasteiger partial charge in [-0.15, -0.1) is 0 Å². The van der Waals surface area contributed by atoms with Crippen molar-refractivity contribution in [1.29, 1.82) is 0 Å². The molecule has 3 aromatic rings. The first-order chi connectivity index (χ1) is 11.3. The van der Waals surface area contributed by atoms with Gasteiger partial charge in [-0.2, -0.15) is 0 Å². The lowest BCUT2D eigenvalue weighted by atomic mass is 10.1. The van der Waals surface area contributed by atoms with Crippen molar-refractivity contribution < 1.29 is 5.11 Å². The van der Waals surface area contributed by atoms with E-state index in [2.05, 4.69) is 23.7 Å². The topological polar surface area (TPSA) is 20.2 Å². The minimum absolute atomic E-state index is 0.247. The summed E-state index contributed by atoms with van der Waals surface area (Å²) in [6.07, 6.45) is 0. The van der Waals surface area contributed by atoms with Crippen LogP contribution in [0.3, 0.4) is 0 Å². The zero-order chi connectivity index (χ0) is 15.9. The molecular weight excluding hydrogens is 280 g/mol. The van der Waals surface area contributed by atoms with Gasteiger partial charge in [0.1, 0.15) is 5.75 Å². The van der Waals surface area contributed by atoms with Crippen LogP contribution in [0.2, 0.25) is 0 Å². The van der Waals surface area contributed by atoms with Crippen LogP contribution in [0.1, 0.15) is 22.3 Å². The third kappa shape index (κ3) is 4.27. The van der Waals surface area contributed by atoms with Crippen LogP contribution in [0.4, 0.5) is 0 Å². The maximum absolute atomic E-state index is 9.24. The van der Waals surface area contributed by atoms with Gasteiger partial charge in [-0.25, -0.2) is 0 Å². The Morgan fingerprint density at radius 2 is 0.783 bits per heavy atom. The lowest BCUT2D eigenvalue weighted by Crippen LogP contribution is -1.79. The standard InChI is InChI=1S/C22H14O/c23-22-16-14-21(15-17-22)13-12-20-10-8-19(9-11-20)7-6-18-4-2-1-3-5-18/h1-5,8-11,14-17,23H. The molecular formula is C22H14O. The van der Waals surface area contributed by atoms with Crippen molar-refractivity contribution in [2.75, 3.05) is 0 Å². The molecule has 0 unspecified atom stereocenters. The lowest BCUT2D eigenvalue weighted by molar-refractivity contribution is 0.475. The Balaban J connectivity index is 1.73. The monoisotopic (exact) mass is 294 g/mol. The first-order valence-corrected chi connectivity index (χ1v) is 7.28. The predicted molar refractivity (Wildman–Crippen MR) is 93.0 cm³/mol. The molecule has 0 atom stereocenters. The van der Waals surface area contributed by atoms with Gasteiger partial charge < -0.3 is 5.11 Å². The summed E-state index contributed by atoms with van der Waals surface area (Å²) in [4.78, 5) is 0. The molecule has 0 aliphatic carbocycles. The Labute approximate surface area is 136 Å². The molecule has 23 heavy (non-hydrogen) atoms. The van der Waals surface area contributed by atoms with Gasteiger partial charge in [0, 0.05) is 22.3 Å². The van der Waals surface area contributed by atoms with Gasteiger partial charge in [-0.1, -0.05) is 41.9 Å². The molecule has 0 heterocycles. The summed E-state index contributed by atoms with van der Waals surface area (Å²) in [7, 11) is 0. The molecule has 0 aromatic heterocycles. The summed E-state index contributed by atoms with van der Waals surface area (Å²) < 4.78 is 0. The molecule has 0 radical (unpaired) electrons. The Kier molecular flexibility index (Phi) is 4.44. The number of benzene rings is 3. The number of phenolic OH excluding ortho intramolecular Hbond substituents is 1. The summed E-state index contributed by atoms with van der Waals surface area (Å²) >= 11 is 0. The first kappa shape index (κ1) is 14.5. The van der Waals surface area contributed by atoms with Gasteiger partial charge in [0.15, 0.2) is 0 Å². The minimum Gasteiger partial charge on any atom is -0.508 e. The highest BCUT2D eigenvalue weighted by molar-refractivity contribution is 5.48. The van der Waals surface area contributed by atoms with E-state index in [0.717, 1.165) is 22.3 Å². The van der Waals surface area contributed by atoms with Crippen molar-refractivity contribution in [2.45, 2.75) is 0 Å². The molecule has 0 aliphatic rings. The van der Waals surface area contributed by atoms with Crippen LogP contribution in [-0.4, -0.2) is 5.11 Å². The van der Waals surface area contributed by atoms with Crippen molar-refractivity contribution in [3.05, 3.63) is 101 Å². The molecule has 1 N–H and O–H groups in total. The zero-order valence-electron chi connectivity index (χ0n) is 12.5. The zero-order valence-corrected chi connectivity index (χ0v) is 12.5. The van der Waals surface area contributed by atoms with Crippen LogP contribution in [0.15, 0.2) is 78.9 Å². The number of aromatic hydroxyl groups is 1. The Morgan fingerprint density at radius 3 is 1.22 bits per heavy atom. The number of hydrogen-bond donors (Lipinski definition) is 1. The van der Waals surface area contributed by atoms with Crippen LogP contribution in [0, 0.1) is 23.7 Å². The van der Waals surface area contributed by atoms with Crippen molar-refractivity contribution in [3.8, 4) is 29.4 Å². The van der Waals surface area contributed by atoms with Gasteiger partial charge in [0.05, 0.1) is 0 Å². The molecule has 0 saturated carbocycles. The van der Waals surface area contributed by atoms with Crippen molar-refractivity contribution in [1.82, 2.24) is 0 Å². The molecule has 108 valence electrons. The molecule has 1 nitrogen and oxygen atoms in total. The predicted octanol–water partition coefficient (Wildman–Crippen LogP) is 4.19. The summed E-state index contributed by atoms with van der Waals surface area (Å²) in [5, 5.41) is 9.24. The number of phenols is 1. The van der Waals surface area contributed by atoms with Gasteiger partial charge in [0.2, 0.25) is 0 Å². The molecule has 0 aliphatic heterocycles. The molecule has 3 aromatic carbocycles. The summed E-state index contributed by atoms with van der Waals surface area (Å²) in [5.41, 5.74) is 3.77. The Bertz CT molecular complexity index is 897. The van der Waals surface area contributed by atoms with Crippen LogP contribution < -0.4 is 0 Å². The van der Waals surface area contributed by atoms with E-state index in [9.17, 15) is 5.11 Å². The van der Waals surface area contributed by atoms with Crippen molar-refractivity contribution in [3.63, 3.8) is 0 Å². The average Bonchev–Trinajstić information content (AvgIpc) is 2.61. The van der Waals surface area contributed by atoms with Crippen LogP contribution in [-0.2, 0) is 0 Å². The fourth-order valence-corrected chi connectivity index (χ4v) is 1.99. The highest BCUT2D eigenvalue weighted by Crippen LogP contribution is 2.09. The molecule has 1 heteroatoms. The maximum Gasteiger partial charge on any atom is 0.115 e. The highest BCUT2D eigenvalue weighted by Gasteiger charge is 1.91. The maximum atomic E-state index is 9.24. The fourth-order valence-electron chi connectivity index (χ4n) is 1.99. The van der Waals surface area contributed by atoms with Gasteiger partial charge in [0.25, 0.3) is 0 Å². The minimum atomic E-state index is 0.247. The van der Waals surface area contributed by atoms with E-state index in [0.29, 0.717) is 0 Å². The SMILES string of the molecule is Oc1ccc(C#Cc2ccc(C#Cc3ccccc3)cc2)cc1. The van der Waals surface area contributed by atoms with Crippen molar-refractivity contribution >= 4 is 0 Å². The van der Waals surface area contributed by atoms with E-state index in [4.69, 9.17) is 0 Å². The van der Waals surface area contributed by atoms with E-state index in [1.807, 2.05) is 54.6 Å². The summed E-state index contributed by atoms with van der Waals surface area (Å²) in [6.45, 7) is 0. The van der Waals surface area contributed by atoms with E-state index in [1.54, 1.807) is 24.3 Å². The molecule has 0 saturated heterocycles. The number of hydrogen-bond acceptors (Lipinski definition) is 1. The average molecular weight is 294 g/mol. The molecule has 0 fully saturated rings. The molecule has 3 rings (SSSR count). The second-order valence-corrected chi connectivity index (χ2v) is 4.99. The summed E-state index contributed by atoms with van der Waals surface area (Å²) in [5.74, 6) is 12.7. The largest absolute Gasteiger partial charge is 0.508 e. The second kappa shape index (κ2) is 7.03. The summed E-state index contributed by atoms with van der Waals surface area (Å²) in [6, 6.07) is 24.6. The smallest absolute Gasteiger partial charge is 0.115 e. The van der Waals surface area contributed by atoms with Gasteiger partial charge in [-0.3, -0.25) is 0 Å². The first-order valence-electron chi connectivity index (χ1n) is 7.28. The van der Waals surface area contributed by atoms with Gasteiger partial charge in [-0.05, 0) is 60.7 Å². The lowest BCUT2D eigenvalue weighted by Gasteiger charge is -1.93. The Morgan fingerprint density at radius 1 is 0.435 bits per heavy atom. The second-order valence-electron chi connectivity index (χ2n) is 4.99. The highest BCUT2D eigenvalue weighted by atomic mass is 16.3. The molecule has 0 bridgehead atoms. The van der Waals surface area contributed by atoms with E-state index >= 15 is 0 Å². The van der Waals surface area contributed by atoms with Gasteiger partial charge >= 0.3 is 0 Å². The molecule has 0 amide bonds.